The van der Waals surface area contributed by atoms with E-state index < -0.39 is 0 Å². The Hall–Kier alpha value is -0.260. The van der Waals surface area contributed by atoms with Crippen molar-refractivity contribution in [3.8, 4) is 0 Å². The summed E-state index contributed by atoms with van der Waals surface area (Å²) in [7, 11) is 0. The fourth-order valence-corrected chi connectivity index (χ4v) is 2.45. The Morgan fingerprint density at radius 1 is 0.938 bits per heavy atom. The van der Waals surface area contributed by atoms with Crippen LogP contribution in [0.4, 0.5) is 0 Å². The van der Waals surface area contributed by atoms with Crippen LogP contribution in [0.2, 0.25) is 0 Å². The highest BCUT2D eigenvalue weighted by Gasteiger charge is 2.09. The molecule has 0 nitrogen and oxygen atoms in total. The largest absolute Gasteiger partial charge is 0.0914 e. The molecular weight excluding hydrogens is 192 g/mol. The summed E-state index contributed by atoms with van der Waals surface area (Å²) in [5.41, 5.74) is 0. The summed E-state index contributed by atoms with van der Waals surface area (Å²) in [5, 5.41) is 0. The molecule has 0 amide bonds. The van der Waals surface area contributed by atoms with Crippen molar-refractivity contribution in [1.82, 2.24) is 0 Å². The van der Waals surface area contributed by atoms with E-state index in [-0.39, 0.29) is 0 Å². The SMILES string of the molecule is C/C=C/C(C)CCC(C)CC(C)CCCC. The van der Waals surface area contributed by atoms with Gasteiger partial charge in [-0.05, 0) is 37.5 Å². The van der Waals surface area contributed by atoms with Crippen LogP contribution in [-0.2, 0) is 0 Å². The minimum absolute atomic E-state index is 0.762. The summed E-state index contributed by atoms with van der Waals surface area (Å²) in [6.07, 6.45) is 12.8. The Balaban J connectivity index is 3.60. The van der Waals surface area contributed by atoms with E-state index in [1.54, 1.807) is 0 Å². The first kappa shape index (κ1) is 15.7. The summed E-state index contributed by atoms with van der Waals surface area (Å²) in [6.45, 7) is 11.6. The lowest BCUT2D eigenvalue weighted by Gasteiger charge is -2.18. The Labute approximate surface area is 104 Å². The first-order valence-electron chi connectivity index (χ1n) is 7.22. The van der Waals surface area contributed by atoms with Gasteiger partial charge in [0.25, 0.3) is 0 Å². The maximum atomic E-state index is 2.42. The molecule has 0 radical (unpaired) electrons. The van der Waals surface area contributed by atoms with Crippen LogP contribution in [0, 0.1) is 17.8 Å². The zero-order valence-electron chi connectivity index (χ0n) is 12.1. The van der Waals surface area contributed by atoms with Gasteiger partial charge in [-0.1, -0.05) is 65.5 Å². The van der Waals surface area contributed by atoms with Gasteiger partial charge in [0.2, 0.25) is 0 Å². The number of allylic oxidation sites excluding steroid dienone is 2. The van der Waals surface area contributed by atoms with Crippen molar-refractivity contribution in [1.29, 1.82) is 0 Å². The highest BCUT2D eigenvalue weighted by atomic mass is 14.1. The van der Waals surface area contributed by atoms with Crippen molar-refractivity contribution in [3.05, 3.63) is 12.2 Å². The molecule has 0 heterocycles. The van der Waals surface area contributed by atoms with Crippen LogP contribution in [0.15, 0.2) is 12.2 Å². The van der Waals surface area contributed by atoms with Crippen molar-refractivity contribution in [2.24, 2.45) is 17.8 Å². The van der Waals surface area contributed by atoms with Crippen LogP contribution >= 0.6 is 0 Å². The molecule has 0 saturated heterocycles. The molecule has 0 spiro atoms. The van der Waals surface area contributed by atoms with Crippen molar-refractivity contribution in [2.75, 3.05) is 0 Å². The molecule has 0 aliphatic rings. The predicted octanol–water partition coefficient (Wildman–Crippen LogP) is 5.83. The molecule has 0 heteroatoms. The van der Waals surface area contributed by atoms with E-state index >= 15 is 0 Å². The van der Waals surface area contributed by atoms with Gasteiger partial charge in [-0.15, -0.1) is 0 Å². The lowest BCUT2D eigenvalue weighted by molar-refractivity contribution is 0.354. The summed E-state index contributed by atoms with van der Waals surface area (Å²) >= 11 is 0. The first-order valence-corrected chi connectivity index (χ1v) is 7.22. The van der Waals surface area contributed by atoms with Gasteiger partial charge in [-0.2, -0.15) is 0 Å². The molecule has 3 atom stereocenters. The maximum absolute atomic E-state index is 2.42. The second-order valence-corrected chi connectivity index (χ2v) is 5.67. The molecule has 0 aromatic carbocycles. The average Bonchev–Trinajstić information content (AvgIpc) is 2.24. The van der Waals surface area contributed by atoms with Gasteiger partial charge in [-0.25, -0.2) is 0 Å². The number of rotatable bonds is 9. The minimum atomic E-state index is 0.762. The fourth-order valence-electron chi connectivity index (χ4n) is 2.45. The van der Waals surface area contributed by atoms with Gasteiger partial charge in [0, 0.05) is 0 Å². The monoisotopic (exact) mass is 224 g/mol. The van der Waals surface area contributed by atoms with E-state index in [0.29, 0.717) is 0 Å². The molecule has 0 saturated carbocycles. The second-order valence-electron chi connectivity index (χ2n) is 5.67. The topological polar surface area (TPSA) is 0 Å². The van der Waals surface area contributed by atoms with Gasteiger partial charge in [0.15, 0.2) is 0 Å². The van der Waals surface area contributed by atoms with E-state index in [1.807, 2.05) is 0 Å². The Morgan fingerprint density at radius 2 is 1.56 bits per heavy atom. The maximum Gasteiger partial charge on any atom is -0.0262 e. The molecule has 0 bridgehead atoms. The standard InChI is InChI=1S/C16H32/c1-6-8-10-15(4)13-16(5)12-11-14(3)9-7-2/h7,9,14-16H,6,8,10-13H2,1-5H3/b9-7+. The minimum Gasteiger partial charge on any atom is -0.0914 e. The van der Waals surface area contributed by atoms with Gasteiger partial charge >= 0.3 is 0 Å². The second kappa shape index (κ2) is 9.93. The summed E-state index contributed by atoms with van der Waals surface area (Å²) in [6, 6.07) is 0. The van der Waals surface area contributed by atoms with E-state index in [2.05, 4.69) is 46.8 Å². The van der Waals surface area contributed by atoms with Crippen LogP contribution in [0.3, 0.4) is 0 Å². The van der Waals surface area contributed by atoms with Gasteiger partial charge in [0.05, 0.1) is 0 Å². The van der Waals surface area contributed by atoms with Crippen LogP contribution in [0.5, 0.6) is 0 Å². The van der Waals surface area contributed by atoms with Crippen molar-refractivity contribution in [3.63, 3.8) is 0 Å². The molecule has 0 fully saturated rings. The lowest BCUT2D eigenvalue weighted by Crippen LogP contribution is -2.05. The Morgan fingerprint density at radius 3 is 2.12 bits per heavy atom. The van der Waals surface area contributed by atoms with Crippen molar-refractivity contribution >= 4 is 0 Å². The zero-order chi connectivity index (χ0) is 12.4. The van der Waals surface area contributed by atoms with Crippen molar-refractivity contribution < 1.29 is 0 Å². The molecule has 0 rings (SSSR count). The van der Waals surface area contributed by atoms with Crippen LogP contribution in [0.1, 0.15) is 73.1 Å². The Bertz CT molecular complexity index is 169. The third kappa shape index (κ3) is 9.00. The number of unbranched alkanes of at least 4 members (excludes halogenated alkanes) is 1. The summed E-state index contributed by atoms with van der Waals surface area (Å²) < 4.78 is 0. The molecular formula is C16H32. The summed E-state index contributed by atoms with van der Waals surface area (Å²) in [4.78, 5) is 0. The van der Waals surface area contributed by atoms with Crippen LogP contribution in [-0.4, -0.2) is 0 Å². The van der Waals surface area contributed by atoms with E-state index in [1.165, 1.54) is 38.5 Å². The molecule has 0 aliphatic heterocycles. The molecule has 16 heavy (non-hydrogen) atoms. The molecule has 0 N–H and O–H groups in total. The summed E-state index contributed by atoms with van der Waals surface area (Å²) in [5.74, 6) is 2.59. The molecule has 96 valence electrons. The normalized spacial score (nSPS) is 17.6. The zero-order valence-corrected chi connectivity index (χ0v) is 12.1. The fraction of sp³-hybridized carbons (Fsp3) is 0.875. The van der Waals surface area contributed by atoms with E-state index in [4.69, 9.17) is 0 Å². The molecule has 0 aliphatic carbocycles. The van der Waals surface area contributed by atoms with E-state index in [9.17, 15) is 0 Å². The van der Waals surface area contributed by atoms with Crippen LogP contribution < -0.4 is 0 Å². The third-order valence-electron chi connectivity index (χ3n) is 3.49. The average molecular weight is 224 g/mol. The Kier molecular flexibility index (Phi) is 9.77. The highest BCUT2D eigenvalue weighted by Crippen LogP contribution is 2.22. The quantitative estimate of drug-likeness (QED) is 0.432. The molecule has 0 aromatic rings. The predicted molar refractivity (Wildman–Crippen MR) is 75.7 cm³/mol. The number of hydrogen-bond acceptors (Lipinski definition) is 0. The highest BCUT2D eigenvalue weighted by molar-refractivity contribution is 4.82. The third-order valence-corrected chi connectivity index (χ3v) is 3.49. The first-order chi connectivity index (χ1) is 7.60. The van der Waals surface area contributed by atoms with Gasteiger partial charge in [-0.3, -0.25) is 0 Å². The van der Waals surface area contributed by atoms with Gasteiger partial charge in [0.1, 0.15) is 0 Å². The van der Waals surface area contributed by atoms with E-state index in [0.717, 1.165) is 17.8 Å². The molecule has 3 unspecified atom stereocenters. The van der Waals surface area contributed by atoms with Gasteiger partial charge < -0.3 is 0 Å². The smallest absolute Gasteiger partial charge is 0.0262 e. The molecule has 0 aromatic heterocycles. The van der Waals surface area contributed by atoms with Crippen LogP contribution in [0.25, 0.3) is 0 Å². The van der Waals surface area contributed by atoms with Crippen molar-refractivity contribution in [2.45, 2.75) is 73.1 Å². The number of hydrogen-bond donors (Lipinski definition) is 0. The lowest BCUT2D eigenvalue weighted by atomic mass is 9.88.